The van der Waals surface area contributed by atoms with Crippen molar-refractivity contribution < 1.29 is 4.79 Å². The van der Waals surface area contributed by atoms with Crippen LogP contribution in [0.25, 0.3) is 0 Å². The molecule has 1 atom stereocenters. The number of hydrogen-bond donors (Lipinski definition) is 0. The van der Waals surface area contributed by atoms with Crippen LogP contribution in [0.4, 0.5) is 0 Å². The topological polar surface area (TPSA) is 56.0 Å². The lowest BCUT2D eigenvalue weighted by atomic mass is 9.93. The van der Waals surface area contributed by atoms with Crippen molar-refractivity contribution >= 4 is 5.91 Å². The number of carbonyl (C=O) groups is 1. The summed E-state index contributed by atoms with van der Waals surface area (Å²) in [6.45, 7) is 2.83. The van der Waals surface area contributed by atoms with E-state index in [0.29, 0.717) is 11.6 Å². The number of nitrogens with zero attached hydrogens (tertiary/aromatic N) is 5. The van der Waals surface area contributed by atoms with Gasteiger partial charge in [-0.1, -0.05) is 0 Å². The van der Waals surface area contributed by atoms with Crippen LogP contribution in [0.2, 0.25) is 0 Å². The predicted octanol–water partition coefficient (Wildman–Crippen LogP) is 2.63. The normalized spacial score (nSPS) is 21.7. The molecule has 0 radical (unpaired) electrons. The minimum absolute atomic E-state index is 0.0985. The number of aryl methyl sites for hydroxylation is 2. The Bertz CT molecular complexity index is 727. The second-order valence-electron chi connectivity index (χ2n) is 6.79. The van der Waals surface area contributed by atoms with E-state index < -0.39 is 0 Å². The lowest BCUT2D eigenvalue weighted by Gasteiger charge is -2.26. The lowest BCUT2D eigenvalue weighted by Crippen LogP contribution is -2.30. The Labute approximate surface area is 136 Å². The Morgan fingerprint density at radius 3 is 2.70 bits per heavy atom. The van der Waals surface area contributed by atoms with Crippen LogP contribution in [0.15, 0.2) is 18.6 Å². The molecule has 2 aromatic rings. The molecular weight excluding hydrogens is 290 g/mol. The second-order valence-corrected chi connectivity index (χ2v) is 6.79. The lowest BCUT2D eigenvalue weighted by molar-refractivity contribution is 0.0735. The zero-order valence-corrected chi connectivity index (χ0v) is 13.8. The van der Waals surface area contributed by atoms with Gasteiger partial charge in [-0.2, -0.15) is 10.2 Å². The highest BCUT2D eigenvalue weighted by Gasteiger charge is 2.33. The molecule has 1 saturated heterocycles. The van der Waals surface area contributed by atoms with E-state index in [1.165, 1.54) is 24.8 Å². The molecule has 1 aliphatic heterocycles. The smallest absolute Gasteiger partial charge is 0.257 e. The molecule has 0 spiro atoms. The standard InChI is InChI=1S/C17H23N5O/c1-12-15(11-20(2)19-12)16-7-4-8-21(16)17(23)13-9-18-22(10-13)14-5-3-6-14/h9-11,14,16H,3-8H2,1-2H3. The molecule has 0 N–H and O–H groups in total. The van der Waals surface area contributed by atoms with E-state index in [1.54, 1.807) is 6.20 Å². The van der Waals surface area contributed by atoms with Crippen LogP contribution in [0.1, 0.15) is 65.8 Å². The summed E-state index contributed by atoms with van der Waals surface area (Å²) in [6.07, 6.45) is 11.4. The van der Waals surface area contributed by atoms with Gasteiger partial charge in [0, 0.05) is 31.5 Å². The first-order chi connectivity index (χ1) is 11.1. The van der Waals surface area contributed by atoms with Crippen molar-refractivity contribution in [1.29, 1.82) is 0 Å². The molecule has 2 fully saturated rings. The Kier molecular flexibility index (Phi) is 3.47. The summed E-state index contributed by atoms with van der Waals surface area (Å²) in [5, 5.41) is 8.83. The quantitative estimate of drug-likeness (QED) is 0.875. The van der Waals surface area contributed by atoms with Crippen LogP contribution in [0.5, 0.6) is 0 Å². The van der Waals surface area contributed by atoms with Crippen molar-refractivity contribution in [3.63, 3.8) is 0 Å². The fourth-order valence-corrected chi connectivity index (χ4v) is 3.74. The van der Waals surface area contributed by atoms with Crippen molar-refractivity contribution in [3.05, 3.63) is 35.4 Å². The van der Waals surface area contributed by atoms with Gasteiger partial charge in [-0.3, -0.25) is 14.2 Å². The maximum absolute atomic E-state index is 12.9. The summed E-state index contributed by atoms with van der Waals surface area (Å²) in [5.41, 5.74) is 2.90. The summed E-state index contributed by atoms with van der Waals surface area (Å²) in [5.74, 6) is 0.0985. The molecule has 1 saturated carbocycles. The van der Waals surface area contributed by atoms with Crippen LogP contribution in [-0.2, 0) is 7.05 Å². The van der Waals surface area contributed by atoms with Crippen LogP contribution >= 0.6 is 0 Å². The molecule has 6 nitrogen and oxygen atoms in total. The van der Waals surface area contributed by atoms with Crippen molar-refractivity contribution in [1.82, 2.24) is 24.5 Å². The maximum Gasteiger partial charge on any atom is 0.257 e. The molecule has 1 unspecified atom stereocenters. The third kappa shape index (κ3) is 2.46. The van der Waals surface area contributed by atoms with Crippen LogP contribution in [-0.4, -0.2) is 36.9 Å². The minimum atomic E-state index is 0.0985. The highest BCUT2D eigenvalue weighted by atomic mass is 16.2. The average Bonchev–Trinajstić information content (AvgIpc) is 3.16. The van der Waals surface area contributed by atoms with Gasteiger partial charge in [0.2, 0.25) is 0 Å². The van der Waals surface area contributed by atoms with E-state index >= 15 is 0 Å². The van der Waals surface area contributed by atoms with Gasteiger partial charge < -0.3 is 4.90 Å². The highest BCUT2D eigenvalue weighted by molar-refractivity contribution is 5.94. The molecule has 6 heteroatoms. The Hall–Kier alpha value is -2.11. The summed E-state index contributed by atoms with van der Waals surface area (Å²) in [6, 6.07) is 0.634. The molecule has 2 aromatic heterocycles. The van der Waals surface area contributed by atoms with Gasteiger partial charge >= 0.3 is 0 Å². The summed E-state index contributed by atoms with van der Waals surface area (Å²) >= 11 is 0. The van der Waals surface area contributed by atoms with Gasteiger partial charge in [-0.25, -0.2) is 0 Å². The van der Waals surface area contributed by atoms with Crippen molar-refractivity contribution in [3.8, 4) is 0 Å². The zero-order chi connectivity index (χ0) is 16.0. The van der Waals surface area contributed by atoms with Crippen molar-refractivity contribution in [2.75, 3.05) is 6.54 Å². The van der Waals surface area contributed by atoms with E-state index in [4.69, 9.17) is 0 Å². The fraction of sp³-hybridized carbons (Fsp3) is 0.588. The summed E-state index contributed by atoms with van der Waals surface area (Å²) in [7, 11) is 1.93. The first-order valence-electron chi connectivity index (χ1n) is 8.49. The fourth-order valence-electron chi connectivity index (χ4n) is 3.74. The Morgan fingerprint density at radius 1 is 1.22 bits per heavy atom. The van der Waals surface area contributed by atoms with Crippen molar-refractivity contribution in [2.45, 2.75) is 51.1 Å². The first kappa shape index (κ1) is 14.5. The van der Waals surface area contributed by atoms with E-state index in [1.807, 2.05) is 40.6 Å². The van der Waals surface area contributed by atoms with E-state index in [0.717, 1.165) is 25.1 Å². The molecule has 122 valence electrons. The largest absolute Gasteiger partial charge is 0.331 e. The predicted molar refractivity (Wildman–Crippen MR) is 86.1 cm³/mol. The molecule has 3 heterocycles. The summed E-state index contributed by atoms with van der Waals surface area (Å²) in [4.78, 5) is 14.9. The van der Waals surface area contributed by atoms with E-state index in [9.17, 15) is 4.79 Å². The third-order valence-corrected chi connectivity index (χ3v) is 5.22. The van der Waals surface area contributed by atoms with Gasteiger partial charge in [-0.15, -0.1) is 0 Å². The van der Waals surface area contributed by atoms with Gasteiger partial charge in [-0.05, 0) is 39.0 Å². The average molecular weight is 313 g/mol. The molecule has 4 rings (SSSR count). The number of likely N-dealkylation sites (tertiary alicyclic amines) is 1. The maximum atomic E-state index is 12.9. The molecular formula is C17H23N5O. The Morgan fingerprint density at radius 2 is 2.04 bits per heavy atom. The first-order valence-corrected chi connectivity index (χ1v) is 8.49. The zero-order valence-electron chi connectivity index (χ0n) is 13.8. The molecule has 0 bridgehead atoms. The minimum Gasteiger partial charge on any atom is -0.331 e. The van der Waals surface area contributed by atoms with Gasteiger partial charge in [0.25, 0.3) is 5.91 Å². The number of rotatable bonds is 3. The Balaban J connectivity index is 1.57. The van der Waals surface area contributed by atoms with E-state index in [-0.39, 0.29) is 11.9 Å². The van der Waals surface area contributed by atoms with Crippen LogP contribution in [0.3, 0.4) is 0 Å². The van der Waals surface area contributed by atoms with E-state index in [2.05, 4.69) is 10.2 Å². The monoisotopic (exact) mass is 313 g/mol. The van der Waals surface area contributed by atoms with Crippen molar-refractivity contribution in [2.24, 2.45) is 7.05 Å². The number of hydrogen-bond acceptors (Lipinski definition) is 3. The van der Waals surface area contributed by atoms with Gasteiger partial charge in [0.05, 0.1) is 29.5 Å². The molecule has 1 aliphatic carbocycles. The third-order valence-electron chi connectivity index (χ3n) is 5.22. The van der Waals surface area contributed by atoms with Gasteiger partial charge in [0.15, 0.2) is 0 Å². The number of amides is 1. The van der Waals surface area contributed by atoms with Crippen LogP contribution < -0.4 is 0 Å². The van der Waals surface area contributed by atoms with Crippen LogP contribution in [0, 0.1) is 6.92 Å². The molecule has 23 heavy (non-hydrogen) atoms. The van der Waals surface area contributed by atoms with Gasteiger partial charge in [0.1, 0.15) is 0 Å². The summed E-state index contributed by atoms with van der Waals surface area (Å²) < 4.78 is 3.80. The SMILES string of the molecule is Cc1nn(C)cc1C1CCCN1C(=O)c1cnn(C2CCC2)c1. The second kappa shape index (κ2) is 5.51. The highest BCUT2D eigenvalue weighted by Crippen LogP contribution is 2.35. The molecule has 0 aromatic carbocycles. The number of aromatic nitrogens is 4. The molecule has 2 aliphatic rings. The number of carbonyl (C=O) groups excluding carboxylic acids is 1. The molecule has 1 amide bonds.